The van der Waals surface area contributed by atoms with Gasteiger partial charge in [0.05, 0.1) is 37.2 Å². The number of carbonyl (C=O) groups excluding carboxylic acids is 1. The van der Waals surface area contributed by atoms with Crippen molar-refractivity contribution in [2.45, 2.75) is 38.8 Å². The van der Waals surface area contributed by atoms with Crippen molar-refractivity contribution < 1.29 is 14.3 Å². The number of nitrogens with one attached hydrogen (secondary N) is 1. The van der Waals surface area contributed by atoms with Gasteiger partial charge in [-0.05, 0) is 49.4 Å². The molecule has 32 heavy (non-hydrogen) atoms. The number of nitrogens with zero attached hydrogens (tertiary/aromatic N) is 3. The minimum Gasteiger partial charge on any atom is -0.381 e. The van der Waals surface area contributed by atoms with E-state index in [1.807, 2.05) is 11.0 Å². The Balaban J connectivity index is 1.50. The fourth-order valence-electron chi connectivity index (χ4n) is 5.29. The number of hydrogen-bond acceptors (Lipinski definition) is 6. The summed E-state index contributed by atoms with van der Waals surface area (Å²) < 4.78 is 11.1. The maximum Gasteiger partial charge on any atom is 0.230 e. The highest BCUT2D eigenvalue weighted by molar-refractivity contribution is 6.00. The molecule has 3 aliphatic rings. The van der Waals surface area contributed by atoms with Crippen molar-refractivity contribution in [3.63, 3.8) is 0 Å². The van der Waals surface area contributed by atoms with Gasteiger partial charge < -0.3 is 24.6 Å². The molecule has 1 aromatic carbocycles. The highest BCUT2D eigenvalue weighted by atomic mass is 16.5. The number of morpholine rings is 1. The molecular weight excluding hydrogens is 404 g/mol. The fourth-order valence-corrected chi connectivity index (χ4v) is 5.29. The summed E-state index contributed by atoms with van der Waals surface area (Å²) in [5.74, 6) is 1.40. The minimum absolute atomic E-state index is 0.00881. The first-order valence-corrected chi connectivity index (χ1v) is 11.7. The minimum atomic E-state index is 0.00881. The van der Waals surface area contributed by atoms with Crippen molar-refractivity contribution in [1.82, 2.24) is 4.98 Å². The van der Waals surface area contributed by atoms with Gasteiger partial charge in [0.15, 0.2) is 0 Å². The predicted molar refractivity (Wildman–Crippen MR) is 125 cm³/mol. The van der Waals surface area contributed by atoms with E-state index in [9.17, 15) is 4.79 Å². The molecule has 3 atom stereocenters. The Morgan fingerprint density at radius 1 is 1.22 bits per heavy atom. The smallest absolute Gasteiger partial charge is 0.230 e. The van der Waals surface area contributed by atoms with Crippen LogP contribution in [0.2, 0.25) is 0 Å². The molecule has 1 saturated heterocycles. The van der Waals surface area contributed by atoms with Crippen molar-refractivity contribution >= 4 is 28.8 Å². The van der Waals surface area contributed by atoms with Gasteiger partial charge in [-0.1, -0.05) is 13.0 Å². The summed E-state index contributed by atoms with van der Waals surface area (Å²) in [5, 5.41) is 3.48. The van der Waals surface area contributed by atoms with Crippen LogP contribution in [-0.2, 0) is 20.8 Å². The Morgan fingerprint density at radius 2 is 2.06 bits per heavy atom. The largest absolute Gasteiger partial charge is 0.381 e. The molecule has 5 rings (SSSR count). The first-order chi connectivity index (χ1) is 15.6. The molecule has 1 aliphatic carbocycles. The molecule has 7 heteroatoms. The molecule has 3 unspecified atom stereocenters. The van der Waals surface area contributed by atoms with Gasteiger partial charge in [0.25, 0.3) is 0 Å². The Labute approximate surface area is 189 Å². The van der Waals surface area contributed by atoms with E-state index in [1.54, 1.807) is 13.3 Å². The fraction of sp³-hybridized carbons (Fsp3) is 0.520. The highest BCUT2D eigenvalue weighted by Gasteiger charge is 2.36. The number of anilines is 4. The van der Waals surface area contributed by atoms with Gasteiger partial charge in [0, 0.05) is 43.6 Å². The Kier molecular flexibility index (Phi) is 6.02. The summed E-state index contributed by atoms with van der Waals surface area (Å²) in [4.78, 5) is 22.8. The number of carbonyl (C=O) groups is 1. The topological polar surface area (TPSA) is 66.9 Å². The molecule has 0 spiro atoms. The average molecular weight is 437 g/mol. The maximum absolute atomic E-state index is 13.9. The van der Waals surface area contributed by atoms with Gasteiger partial charge in [-0.15, -0.1) is 0 Å². The van der Waals surface area contributed by atoms with Crippen molar-refractivity contribution in [3.8, 4) is 0 Å². The van der Waals surface area contributed by atoms with Crippen LogP contribution in [0.25, 0.3) is 0 Å². The summed E-state index contributed by atoms with van der Waals surface area (Å²) in [6, 6.07) is 10.3. The first-order valence-electron chi connectivity index (χ1n) is 11.7. The van der Waals surface area contributed by atoms with Gasteiger partial charge >= 0.3 is 0 Å². The van der Waals surface area contributed by atoms with E-state index in [0.29, 0.717) is 12.5 Å². The van der Waals surface area contributed by atoms with E-state index in [2.05, 4.69) is 46.4 Å². The number of amides is 1. The standard InChI is InChI=1S/C25H32N4O3/c1-17-14-18(5-8-23(17)31-2)25(30)29-16-19-4-3-9-26-24(19)27-21-7-6-20(15-22(21)29)28-10-12-32-13-11-28/h3-4,6-7,9,15,17-18,23H,5,8,10-14,16H2,1-2H3,(H,26,27). The molecule has 0 radical (unpaired) electrons. The van der Waals surface area contributed by atoms with Crippen LogP contribution in [0.15, 0.2) is 36.5 Å². The van der Waals surface area contributed by atoms with E-state index in [-0.39, 0.29) is 17.9 Å². The lowest BCUT2D eigenvalue weighted by Crippen LogP contribution is -2.40. The number of rotatable bonds is 3. The zero-order chi connectivity index (χ0) is 22.1. The molecule has 1 N–H and O–H groups in total. The zero-order valence-electron chi connectivity index (χ0n) is 18.9. The van der Waals surface area contributed by atoms with Gasteiger partial charge in [-0.2, -0.15) is 0 Å². The summed E-state index contributed by atoms with van der Waals surface area (Å²) >= 11 is 0. The number of hydrogen-bond donors (Lipinski definition) is 1. The molecule has 1 saturated carbocycles. The van der Waals surface area contributed by atoms with Crippen LogP contribution in [0.1, 0.15) is 31.7 Å². The van der Waals surface area contributed by atoms with Crippen molar-refractivity contribution in [3.05, 3.63) is 42.1 Å². The quantitative estimate of drug-likeness (QED) is 0.786. The van der Waals surface area contributed by atoms with Crippen LogP contribution in [0.3, 0.4) is 0 Å². The molecule has 7 nitrogen and oxygen atoms in total. The van der Waals surface area contributed by atoms with Crippen LogP contribution in [-0.4, -0.2) is 50.4 Å². The monoisotopic (exact) mass is 436 g/mol. The number of methoxy groups -OCH3 is 1. The van der Waals surface area contributed by atoms with Crippen LogP contribution >= 0.6 is 0 Å². The van der Waals surface area contributed by atoms with E-state index in [1.165, 1.54) is 0 Å². The van der Waals surface area contributed by atoms with Crippen molar-refractivity contribution in [1.29, 1.82) is 0 Å². The van der Waals surface area contributed by atoms with Crippen LogP contribution < -0.4 is 15.1 Å². The molecule has 0 bridgehead atoms. The van der Waals surface area contributed by atoms with E-state index in [4.69, 9.17) is 9.47 Å². The maximum atomic E-state index is 13.9. The van der Waals surface area contributed by atoms with Crippen LogP contribution in [0.4, 0.5) is 22.9 Å². The lowest BCUT2D eigenvalue weighted by atomic mass is 9.79. The summed E-state index contributed by atoms with van der Waals surface area (Å²) in [6.07, 6.45) is 4.69. The molecule has 1 amide bonds. The number of benzene rings is 1. The van der Waals surface area contributed by atoms with Gasteiger partial charge in [0.2, 0.25) is 5.91 Å². The van der Waals surface area contributed by atoms with E-state index in [0.717, 1.165) is 74.0 Å². The van der Waals surface area contributed by atoms with Crippen molar-refractivity contribution in [2.75, 3.05) is 48.5 Å². The second-order valence-electron chi connectivity index (χ2n) is 9.12. The molecule has 3 heterocycles. The number of fused-ring (bicyclic) bond motifs is 2. The number of pyridine rings is 1. The highest BCUT2D eigenvalue weighted by Crippen LogP contribution is 2.40. The Bertz CT molecular complexity index is 975. The van der Waals surface area contributed by atoms with E-state index >= 15 is 0 Å². The summed E-state index contributed by atoms with van der Waals surface area (Å²) in [7, 11) is 1.77. The predicted octanol–water partition coefficient (Wildman–Crippen LogP) is 3.96. The normalized spacial score (nSPS) is 25.4. The molecule has 1 aromatic heterocycles. The summed E-state index contributed by atoms with van der Waals surface area (Å²) in [5.41, 5.74) is 4.01. The molecule has 2 aliphatic heterocycles. The third kappa shape index (κ3) is 4.07. The van der Waals surface area contributed by atoms with Crippen LogP contribution in [0.5, 0.6) is 0 Å². The second-order valence-corrected chi connectivity index (χ2v) is 9.12. The van der Waals surface area contributed by atoms with Gasteiger partial charge in [-0.3, -0.25) is 4.79 Å². The SMILES string of the molecule is COC1CCC(C(=O)N2Cc3cccnc3Nc3ccc(N4CCOCC4)cc32)CC1C. The third-order valence-corrected chi connectivity index (χ3v) is 7.13. The second kappa shape index (κ2) is 9.08. The average Bonchev–Trinajstić information content (AvgIpc) is 3.00. The third-order valence-electron chi connectivity index (χ3n) is 7.13. The van der Waals surface area contributed by atoms with Gasteiger partial charge in [0.1, 0.15) is 5.82 Å². The molecular formula is C25H32N4O3. The van der Waals surface area contributed by atoms with E-state index < -0.39 is 0 Å². The van der Waals surface area contributed by atoms with Crippen LogP contribution in [0, 0.1) is 11.8 Å². The molecule has 2 fully saturated rings. The first kappa shape index (κ1) is 21.2. The van der Waals surface area contributed by atoms with Gasteiger partial charge in [-0.25, -0.2) is 4.98 Å². The van der Waals surface area contributed by atoms with Crippen molar-refractivity contribution in [2.24, 2.45) is 11.8 Å². The summed E-state index contributed by atoms with van der Waals surface area (Å²) in [6.45, 7) is 5.90. The molecule has 2 aromatic rings. The lowest BCUT2D eigenvalue weighted by molar-refractivity contribution is -0.125. The zero-order valence-corrected chi connectivity index (χ0v) is 18.9. The Hall–Kier alpha value is -2.64. The lowest BCUT2D eigenvalue weighted by Gasteiger charge is -2.36. The molecule has 170 valence electrons. The number of aromatic nitrogens is 1. The Morgan fingerprint density at radius 3 is 2.84 bits per heavy atom. The number of ether oxygens (including phenoxy) is 2.